The van der Waals surface area contributed by atoms with Gasteiger partial charge in [-0.1, -0.05) is 11.6 Å². The maximum Gasteiger partial charge on any atom is 0.335 e. The van der Waals surface area contributed by atoms with Crippen molar-refractivity contribution in [2.45, 2.75) is 4.90 Å². The van der Waals surface area contributed by atoms with Gasteiger partial charge in [0.15, 0.2) is 5.76 Å². The summed E-state index contributed by atoms with van der Waals surface area (Å²) in [6.07, 6.45) is 1.29. The summed E-state index contributed by atoms with van der Waals surface area (Å²) in [5.74, 6) is -3.54. The first-order valence-corrected chi connectivity index (χ1v) is 10.2. The molecule has 1 aromatic heterocycles. The summed E-state index contributed by atoms with van der Waals surface area (Å²) in [4.78, 5) is 34.3. The lowest BCUT2D eigenvalue weighted by Gasteiger charge is -2.12. The van der Waals surface area contributed by atoms with E-state index in [1.807, 2.05) is 0 Å². The molecule has 0 bridgehead atoms. The minimum Gasteiger partial charge on any atom is -0.478 e. The Hall–Kier alpha value is -3.83. The predicted molar refractivity (Wildman–Crippen MR) is 109 cm³/mol. The van der Waals surface area contributed by atoms with Crippen LogP contribution in [0.3, 0.4) is 0 Å². The van der Waals surface area contributed by atoms with Crippen molar-refractivity contribution in [1.29, 1.82) is 0 Å². The van der Waals surface area contributed by atoms with Gasteiger partial charge in [0.1, 0.15) is 0 Å². The molecule has 0 atom stereocenters. The second-order valence-corrected chi connectivity index (χ2v) is 8.18. The van der Waals surface area contributed by atoms with E-state index in [9.17, 15) is 22.8 Å². The minimum atomic E-state index is -4.30. The zero-order chi connectivity index (χ0) is 22.8. The standard InChI is InChI=1S/C19H13ClN2O8S/c20-14-4-3-13(9-15(14)21-17(23)16-2-1-5-30-16)31(28,29)22-12-7-10(18(24)25)6-11(8-12)19(26)27/h1-9,22H,(H,21,23)(H,24,25)(H,26,27). The fourth-order valence-corrected chi connectivity index (χ4v) is 3.74. The van der Waals surface area contributed by atoms with E-state index in [-0.39, 0.29) is 27.1 Å². The quantitative estimate of drug-likeness (QED) is 0.413. The number of rotatable bonds is 7. The highest BCUT2D eigenvalue weighted by molar-refractivity contribution is 7.92. The summed E-state index contributed by atoms with van der Waals surface area (Å²) in [6.45, 7) is 0. The molecule has 0 fully saturated rings. The average molecular weight is 465 g/mol. The molecule has 160 valence electrons. The van der Waals surface area contributed by atoms with Crippen molar-refractivity contribution < 1.29 is 37.4 Å². The predicted octanol–water partition coefficient (Wildman–Crippen LogP) is 3.38. The summed E-state index contributed by atoms with van der Waals surface area (Å²) in [6, 6.07) is 9.23. The number of carboxylic acid groups (broad SMARTS) is 2. The molecule has 12 heteroatoms. The fraction of sp³-hybridized carbons (Fsp3) is 0. The number of halogens is 1. The van der Waals surface area contributed by atoms with Crippen molar-refractivity contribution >= 4 is 50.8 Å². The molecule has 0 aliphatic heterocycles. The van der Waals surface area contributed by atoms with Crippen LogP contribution < -0.4 is 10.0 Å². The third-order valence-corrected chi connectivity index (χ3v) is 5.63. The first-order valence-electron chi connectivity index (χ1n) is 8.36. The molecule has 3 aromatic rings. The Balaban J connectivity index is 1.93. The lowest BCUT2D eigenvalue weighted by Crippen LogP contribution is -2.16. The summed E-state index contributed by atoms with van der Waals surface area (Å²) < 4.78 is 32.6. The van der Waals surface area contributed by atoms with Gasteiger partial charge in [-0.3, -0.25) is 9.52 Å². The summed E-state index contributed by atoms with van der Waals surface area (Å²) in [7, 11) is -4.30. The second-order valence-electron chi connectivity index (χ2n) is 6.09. The number of carbonyl (C=O) groups excluding carboxylic acids is 1. The molecule has 0 spiro atoms. The average Bonchev–Trinajstić information content (AvgIpc) is 3.23. The molecule has 10 nitrogen and oxygen atoms in total. The molecule has 4 N–H and O–H groups in total. The van der Waals surface area contributed by atoms with Crippen LogP contribution in [-0.2, 0) is 10.0 Å². The summed E-state index contributed by atoms with van der Waals surface area (Å²) in [5.41, 5.74) is -1.12. The molecule has 0 radical (unpaired) electrons. The topological polar surface area (TPSA) is 163 Å². The van der Waals surface area contributed by atoms with Gasteiger partial charge < -0.3 is 19.9 Å². The number of carboxylic acids is 2. The van der Waals surface area contributed by atoms with Crippen molar-refractivity contribution in [3.05, 3.63) is 76.7 Å². The molecule has 2 aromatic carbocycles. The van der Waals surface area contributed by atoms with E-state index in [1.165, 1.54) is 24.5 Å². The van der Waals surface area contributed by atoms with Gasteiger partial charge in [0.25, 0.3) is 15.9 Å². The van der Waals surface area contributed by atoms with E-state index in [2.05, 4.69) is 10.0 Å². The SMILES string of the molecule is O=C(O)c1cc(NS(=O)(=O)c2ccc(Cl)c(NC(=O)c3ccco3)c2)cc(C(=O)O)c1. The molecule has 1 heterocycles. The number of hydrogen-bond donors (Lipinski definition) is 4. The van der Waals surface area contributed by atoms with Crippen LogP contribution in [0.25, 0.3) is 0 Å². The fourth-order valence-electron chi connectivity index (χ4n) is 2.51. The van der Waals surface area contributed by atoms with Crippen LogP contribution in [0.4, 0.5) is 11.4 Å². The molecule has 0 saturated carbocycles. The van der Waals surface area contributed by atoms with Crippen LogP contribution in [0.5, 0.6) is 0 Å². The molecular formula is C19H13ClN2O8S. The number of benzene rings is 2. The van der Waals surface area contributed by atoms with Crippen molar-refractivity contribution in [1.82, 2.24) is 0 Å². The maximum absolute atomic E-state index is 12.8. The van der Waals surface area contributed by atoms with Gasteiger partial charge in [-0.15, -0.1) is 0 Å². The molecule has 0 aliphatic carbocycles. The molecule has 0 unspecified atom stereocenters. The second kappa shape index (κ2) is 8.50. The van der Waals surface area contributed by atoms with E-state index < -0.39 is 39.0 Å². The van der Waals surface area contributed by atoms with E-state index in [0.717, 1.165) is 30.3 Å². The Morgan fingerprint density at radius 3 is 2.13 bits per heavy atom. The van der Waals surface area contributed by atoms with Gasteiger partial charge in [0.05, 0.1) is 38.7 Å². The van der Waals surface area contributed by atoms with Crippen LogP contribution >= 0.6 is 11.6 Å². The largest absolute Gasteiger partial charge is 0.478 e. The third-order valence-electron chi connectivity index (χ3n) is 3.92. The summed E-state index contributed by atoms with van der Waals surface area (Å²) in [5, 5.41) is 20.7. The number of hydrogen-bond acceptors (Lipinski definition) is 6. The van der Waals surface area contributed by atoms with Gasteiger partial charge in [-0.2, -0.15) is 0 Å². The van der Waals surface area contributed by atoms with Crippen LogP contribution in [0.2, 0.25) is 5.02 Å². The van der Waals surface area contributed by atoms with Crippen molar-refractivity contribution in [3.63, 3.8) is 0 Å². The Kier molecular flexibility index (Phi) is 5.99. The lowest BCUT2D eigenvalue weighted by molar-refractivity contribution is 0.0696. The smallest absolute Gasteiger partial charge is 0.335 e. The van der Waals surface area contributed by atoms with Gasteiger partial charge in [-0.25, -0.2) is 18.0 Å². The van der Waals surface area contributed by atoms with Crippen molar-refractivity contribution in [2.75, 3.05) is 10.0 Å². The lowest BCUT2D eigenvalue weighted by atomic mass is 10.1. The van der Waals surface area contributed by atoms with Crippen LogP contribution in [0, 0.1) is 0 Å². The molecule has 31 heavy (non-hydrogen) atoms. The number of amides is 1. The number of sulfonamides is 1. The van der Waals surface area contributed by atoms with Gasteiger partial charge in [0, 0.05) is 0 Å². The molecule has 3 rings (SSSR count). The minimum absolute atomic E-state index is 0.0172. The summed E-state index contributed by atoms with van der Waals surface area (Å²) >= 11 is 6.03. The van der Waals surface area contributed by atoms with Crippen LogP contribution in [0.15, 0.2) is 64.1 Å². The van der Waals surface area contributed by atoms with E-state index >= 15 is 0 Å². The Bertz CT molecular complexity index is 1250. The Labute approximate surface area is 180 Å². The first kappa shape index (κ1) is 21.9. The third kappa shape index (κ3) is 5.02. The van der Waals surface area contributed by atoms with Gasteiger partial charge >= 0.3 is 11.9 Å². The van der Waals surface area contributed by atoms with E-state index in [0.29, 0.717) is 0 Å². The first-order chi connectivity index (χ1) is 14.6. The van der Waals surface area contributed by atoms with E-state index in [1.54, 1.807) is 0 Å². The van der Waals surface area contributed by atoms with Crippen molar-refractivity contribution in [2.24, 2.45) is 0 Å². The van der Waals surface area contributed by atoms with Crippen LogP contribution in [-0.4, -0.2) is 36.5 Å². The number of furan rings is 1. The zero-order valence-corrected chi connectivity index (χ0v) is 16.9. The highest BCUT2D eigenvalue weighted by Gasteiger charge is 2.20. The number of carbonyl (C=O) groups is 3. The highest BCUT2D eigenvalue weighted by atomic mass is 35.5. The molecule has 1 amide bonds. The highest BCUT2D eigenvalue weighted by Crippen LogP contribution is 2.27. The molecule has 0 aliphatic rings. The Morgan fingerprint density at radius 2 is 1.58 bits per heavy atom. The number of aromatic carboxylic acids is 2. The monoisotopic (exact) mass is 464 g/mol. The maximum atomic E-state index is 12.8. The van der Waals surface area contributed by atoms with Gasteiger partial charge in [0.2, 0.25) is 0 Å². The molecule has 0 saturated heterocycles. The van der Waals surface area contributed by atoms with Crippen molar-refractivity contribution in [3.8, 4) is 0 Å². The number of anilines is 2. The Morgan fingerprint density at radius 1 is 0.935 bits per heavy atom. The van der Waals surface area contributed by atoms with Gasteiger partial charge in [-0.05, 0) is 48.5 Å². The zero-order valence-electron chi connectivity index (χ0n) is 15.3. The number of nitrogens with one attached hydrogen (secondary N) is 2. The van der Waals surface area contributed by atoms with Crippen LogP contribution in [0.1, 0.15) is 31.3 Å². The normalized spacial score (nSPS) is 11.0. The van der Waals surface area contributed by atoms with E-state index in [4.69, 9.17) is 26.2 Å². The molecular weight excluding hydrogens is 452 g/mol.